The van der Waals surface area contributed by atoms with Crippen molar-refractivity contribution >= 4 is 22.0 Å². The lowest BCUT2D eigenvalue weighted by Gasteiger charge is -2.24. The van der Waals surface area contributed by atoms with Crippen molar-refractivity contribution in [1.82, 2.24) is 4.90 Å². The van der Waals surface area contributed by atoms with Gasteiger partial charge in [-0.3, -0.25) is 0 Å². The van der Waals surface area contributed by atoms with Gasteiger partial charge >= 0.3 is 6.09 Å². The first kappa shape index (κ1) is 15.2. The van der Waals surface area contributed by atoms with E-state index in [0.717, 1.165) is 16.5 Å². The van der Waals surface area contributed by atoms with Crippen molar-refractivity contribution in [3.05, 3.63) is 28.2 Å². The van der Waals surface area contributed by atoms with Crippen molar-refractivity contribution in [3.63, 3.8) is 0 Å². The number of benzene rings is 1. The minimum Gasteiger partial charge on any atom is -0.508 e. The molecular weight excluding hydrogens is 322 g/mol. The Kier molecular flexibility index (Phi) is 4.28. The maximum atomic E-state index is 12.0. The minimum atomic E-state index is -0.477. The predicted octanol–water partition coefficient (Wildman–Crippen LogP) is 3.88. The Labute approximate surface area is 127 Å². The second-order valence-electron chi connectivity index (χ2n) is 6.12. The van der Waals surface area contributed by atoms with Gasteiger partial charge < -0.3 is 14.7 Å². The van der Waals surface area contributed by atoms with Gasteiger partial charge in [-0.2, -0.15) is 0 Å². The van der Waals surface area contributed by atoms with Crippen LogP contribution in [0.25, 0.3) is 0 Å². The topological polar surface area (TPSA) is 49.8 Å². The van der Waals surface area contributed by atoms with Crippen molar-refractivity contribution < 1.29 is 14.6 Å². The summed E-state index contributed by atoms with van der Waals surface area (Å²) in [5.74, 6) is 0.436. The van der Waals surface area contributed by atoms with Crippen molar-refractivity contribution in [1.29, 1.82) is 0 Å². The molecule has 0 unspecified atom stereocenters. The van der Waals surface area contributed by atoms with Crippen LogP contribution in [0.15, 0.2) is 22.7 Å². The molecule has 0 spiro atoms. The molecule has 1 aromatic carbocycles. The molecule has 20 heavy (non-hydrogen) atoms. The molecule has 1 aromatic rings. The van der Waals surface area contributed by atoms with E-state index in [1.54, 1.807) is 11.0 Å². The van der Waals surface area contributed by atoms with E-state index in [-0.39, 0.29) is 17.8 Å². The summed E-state index contributed by atoms with van der Waals surface area (Å²) in [5.41, 5.74) is 0.411. The number of phenolic OH excluding ortho intramolecular Hbond substituents is 1. The third-order valence-electron chi connectivity index (χ3n) is 3.27. The normalized spacial score (nSPS) is 19.2. The zero-order chi connectivity index (χ0) is 14.9. The lowest BCUT2D eigenvalue weighted by molar-refractivity contribution is 0.0292. The van der Waals surface area contributed by atoms with Gasteiger partial charge in [-0.05, 0) is 44.9 Å². The van der Waals surface area contributed by atoms with E-state index in [2.05, 4.69) is 15.9 Å². The number of rotatable bonds is 1. The highest BCUT2D eigenvalue weighted by Gasteiger charge is 2.31. The second kappa shape index (κ2) is 5.64. The van der Waals surface area contributed by atoms with Crippen LogP contribution in [0.3, 0.4) is 0 Å². The zero-order valence-electron chi connectivity index (χ0n) is 12.0. The van der Waals surface area contributed by atoms with Crippen LogP contribution in [0.1, 0.15) is 38.7 Å². The summed E-state index contributed by atoms with van der Waals surface area (Å²) < 4.78 is 6.22. The van der Waals surface area contributed by atoms with Crippen LogP contribution in [0.2, 0.25) is 0 Å². The Bertz CT molecular complexity index is 510. The number of carbonyl (C=O) groups excluding carboxylic acids is 1. The number of aromatic hydroxyl groups is 1. The molecule has 1 N–H and O–H groups in total. The summed E-state index contributed by atoms with van der Waals surface area (Å²) in [5, 5.41) is 10.00. The summed E-state index contributed by atoms with van der Waals surface area (Å²) in [6.07, 6.45) is 0.561. The average molecular weight is 342 g/mol. The maximum absolute atomic E-state index is 12.0. The van der Waals surface area contributed by atoms with E-state index in [1.165, 1.54) is 0 Å². The molecule has 1 amide bonds. The summed E-state index contributed by atoms with van der Waals surface area (Å²) in [4.78, 5) is 13.7. The van der Waals surface area contributed by atoms with Gasteiger partial charge in [0.2, 0.25) is 0 Å². The van der Waals surface area contributed by atoms with Crippen molar-refractivity contribution in [3.8, 4) is 5.75 Å². The Balaban J connectivity index is 2.03. The summed E-state index contributed by atoms with van der Waals surface area (Å²) in [6.45, 7) is 6.83. The van der Waals surface area contributed by atoms with Crippen molar-refractivity contribution in [2.24, 2.45) is 0 Å². The molecule has 5 heteroatoms. The van der Waals surface area contributed by atoms with Gasteiger partial charge in [-0.15, -0.1) is 0 Å². The van der Waals surface area contributed by atoms with Crippen LogP contribution >= 0.6 is 15.9 Å². The molecule has 2 rings (SSSR count). The van der Waals surface area contributed by atoms with Gasteiger partial charge in [-0.1, -0.05) is 22.0 Å². The number of carbonyl (C=O) groups is 1. The molecule has 0 aliphatic carbocycles. The monoisotopic (exact) mass is 341 g/mol. The van der Waals surface area contributed by atoms with E-state index in [1.807, 2.05) is 32.9 Å². The largest absolute Gasteiger partial charge is 0.508 e. The van der Waals surface area contributed by atoms with Gasteiger partial charge in [0.1, 0.15) is 11.4 Å². The first-order valence-corrected chi connectivity index (χ1v) is 7.52. The molecule has 1 fully saturated rings. The average Bonchev–Trinajstić information content (AvgIpc) is 2.75. The fourth-order valence-electron chi connectivity index (χ4n) is 2.37. The molecular formula is C15H20BrNO3. The number of ether oxygens (including phenoxy) is 1. The number of nitrogens with zero attached hydrogens (tertiary/aromatic N) is 1. The van der Waals surface area contributed by atoms with Gasteiger partial charge in [-0.25, -0.2) is 4.79 Å². The lowest BCUT2D eigenvalue weighted by Crippen LogP contribution is -2.35. The fourth-order valence-corrected chi connectivity index (χ4v) is 2.72. The first-order chi connectivity index (χ1) is 9.26. The quantitative estimate of drug-likeness (QED) is 0.843. The number of phenols is 1. The minimum absolute atomic E-state index is 0.163. The summed E-state index contributed by atoms with van der Waals surface area (Å²) >= 11 is 3.33. The van der Waals surface area contributed by atoms with Crippen LogP contribution in [0.5, 0.6) is 5.75 Å². The second-order valence-corrected chi connectivity index (χ2v) is 7.03. The number of hydrogen-bond acceptors (Lipinski definition) is 3. The molecule has 0 radical (unpaired) electrons. The molecule has 0 aromatic heterocycles. The number of hydrogen-bond donors (Lipinski definition) is 1. The number of likely N-dealkylation sites (tertiary alicyclic amines) is 1. The number of halogens is 1. The van der Waals surface area contributed by atoms with E-state index >= 15 is 0 Å². The highest BCUT2D eigenvalue weighted by molar-refractivity contribution is 9.10. The Morgan fingerprint density at radius 2 is 2.15 bits per heavy atom. The van der Waals surface area contributed by atoms with Crippen molar-refractivity contribution in [2.45, 2.75) is 38.7 Å². The smallest absolute Gasteiger partial charge is 0.410 e. The summed E-state index contributed by atoms with van der Waals surface area (Å²) in [7, 11) is 0. The fraction of sp³-hybridized carbons (Fsp3) is 0.533. The zero-order valence-corrected chi connectivity index (χ0v) is 13.6. The Morgan fingerprint density at radius 3 is 2.75 bits per heavy atom. The molecule has 1 heterocycles. The number of amides is 1. The highest BCUT2D eigenvalue weighted by Crippen LogP contribution is 2.35. The molecule has 1 aliphatic rings. The predicted molar refractivity (Wildman–Crippen MR) is 81.0 cm³/mol. The SMILES string of the molecule is CC(C)(C)OC(=O)N1CC[C@H](c2ccc(Br)cc2O)C1. The third kappa shape index (κ3) is 3.66. The Morgan fingerprint density at radius 1 is 1.45 bits per heavy atom. The van der Waals surface area contributed by atoms with E-state index in [4.69, 9.17) is 4.74 Å². The highest BCUT2D eigenvalue weighted by atomic mass is 79.9. The summed E-state index contributed by atoms with van der Waals surface area (Å²) in [6, 6.07) is 5.50. The van der Waals surface area contributed by atoms with Crippen LogP contribution in [0.4, 0.5) is 4.79 Å². The molecule has 0 saturated carbocycles. The molecule has 1 atom stereocenters. The van der Waals surface area contributed by atoms with Crippen LogP contribution in [-0.4, -0.2) is 34.8 Å². The Hall–Kier alpha value is -1.23. The maximum Gasteiger partial charge on any atom is 0.410 e. The van der Waals surface area contributed by atoms with Crippen molar-refractivity contribution in [2.75, 3.05) is 13.1 Å². The van der Waals surface area contributed by atoms with E-state index in [9.17, 15) is 9.90 Å². The van der Waals surface area contributed by atoms with Crippen LogP contribution in [-0.2, 0) is 4.74 Å². The van der Waals surface area contributed by atoms with Gasteiger partial charge in [0.15, 0.2) is 0 Å². The molecule has 1 aliphatic heterocycles. The van der Waals surface area contributed by atoms with Gasteiger partial charge in [0.25, 0.3) is 0 Å². The van der Waals surface area contributed by atoms with Gasteiger partial charge in [0, 0.05) is 23.5 Å². The third-order valence-corrected chi connectivity index (χ3v) is 3.77. The van der Waals surface area contributed by atoms with E-state index in [0.29, 0.717) is 13.1 Å². The molecule has 4 nitrogen and oxygen atoms in total. The van der Waals surface area contributed by atoms with Crippen LogP contribution < -0.4 is 0 Å². The molecule has 0 bridgehead atoms. The van der Waals surface area contributed by atoms with E-state index < -0.39 is 5.60 Å². The standard InChI is InChI=1S/C15H20BrNO3/c1-15(2,3)20-14(19)17-7-6-10(9-17)12-5-4-11(16)8-13(12)18/h4-5,8,10,18H,6-7,9H2,1-3H3/t10-/m0/s1. The lowest BCUT2D eigenvalue weighted by atomic mass is 9.97. The molecule has 110 valence electrons. The van der Waals surface area contributed by atoms with Crippen LogP contribution in [0, 0.1) is 0 Å². The van der Waals surface area contributed by atoms with Gasteiger partial charge in [0.05, 0.1) is 0 Å². The molecule has 1 saturated heterocycles. The first-order valence-electron chi connectivity index (χ1n) is 6.72.